The van der Waals surface area contributed by atoms with Crippen LogP contribution < -0.4 is 0 Å². The van der Waals surface area contributed by atoms with Gasteiger partial charge in [-0.15, -0.1) is 21.5 Å². The Labute approximate surface area is 130 Å². The molecular weight excluding hydrogens is 337 g/mol. The van der Waals surface area contributed by atoms with Crippen molar-refractivity contribution in [1.82, 2.24) is 19.7 Å². The highest BCUT2D eigenvalue weighted by molar-refractivity contribution is 8.01. The maximum atomic E-state index is 12.7. The van der Waals surface area contributed by atoms with E-state index in [1.807, 2.05) is 0 Å². The van der Waals surface area contributed by atoms with E-state index in [4.69, 9.17) is 5.11 Å². The third-order valence-corrected chi connectivity index (χ3v) is 5.08. The van der Waals surface area contributed by atoms with E-state index in [0.29, 0.717) is 25.5 Å². The Balaban J connectivity index is 1.93. The lowest BCUT2D eigenvalue weighted by atomic mass is 10.2. The molecule has 3 aromatic rings. The smallest absolute Gasteiger partial charge is 0.388 e. The van der Waals surface area contributed by atoms with Gasteiger partial charge < -0.3 is 9.67 Å². The van der Waals surface area contributed by atoms with E-state index in [9.17, 15) is 13.2 Å². The summed E-state index contributed by atoms with van der Waals surface area (Å²) in [5, 5.41) is 17.3. The fourth-order valence-corrected chi connectivity index (χ4v) is 3.74. The molecule has 0 fully saturated rings. The van der Waals surface area contributed by atoms with Gasteiger partial charge in [-0.05, 0) is 30.0 Å². The number of thiazole rings is 1. The predicted octanol–water partition coefficient (Wildman–Crippen LogP) is 3.09. The number of rotatable bonds is 3. The largest absolute Gasteiger partial charge is 0.416 e. The van der Waals surface area contributed by atoms with Crippen molar-refractivity contribution in [1.29, 1.82) is 0 Å². The van der Waals surface area contributed by atoms with Crippen LogP contribution in [0.4, 0.5) is 13.2 Å². The number of fused-ring (bicyclic) bond motifs is 1. The fraction of sp³-hybridized carbons (Fsp3) is 0.250. The number of nitrogens with zero attached hydrogens (tertiary/aromatic N) is 4. The second-order valence-electron chi connectivity index (χ2n) is 4.38. The summed E-state index contributed by atoms with van der Waals surface area (Å²) in [6, 6.07) is 3.49. The molecule has 0 bridgehead atoms. The van der Waals surface area contributed by atoms with Gasteiger partial charge in [0, 0.05) is 7.05 Å². The number of benzene rings is 1. The normalized spacial score (nSPS) is 12.2. The molecule has 0 aliphatic rings. The van der Waals surface area contributed by atoms with Gasteiger partial charge in [0.05, 0.1) is 15.8 Å². The third kappa shape index (κ3) is 2.81. The molecule has 2 heterocycles. The third-order valence-electron chi connectivity index (χ3n) is 2.94. The first-order valence-electron chi connectivity index (χ1n) is 6.03. The van der Waals surface area contributed by atoms with Crippen LogP contribution in [0, 0.1) is 0 Å². The Morgan fingerprint density at radius 2 is 2.09 bits per heavy atom. The van der Waals surface area contributed by atoms with Gasteiger partial charge in [0.1, 0.15) is 6.61 Å². The Hall–Kier alpha value is -1.65. The highest BCUT2D eigenvalue weighted by atomic mass is 32.2. The summed E-state index contributed by atoms with van der Waals surface area (Å²) in [5.41, 5.74) is -0.421. The van der Waals surface area contributed by atoms with E-state index >= 15 is 0 Å². The van der Waals surface area contributed by atoms with Crippen molar-refractivity contribution in [2.75, 3.05) is 0 Å². The average Bonchev–Trinajstić information content (AvgIpc) is 3.01. The van der Waals surface area contributed by atoms with E-state index in [1.165, 1.54) is 29.2 Å². The Morgan fingerprint density at radius 3 is 2.73 bits per heavy atom. The minimum absolute atomic E-state index is 0.237. The number of hydrogen-bond donors (Lipinski definition) is 1. The van der Waals surface area contributed by atoms with Crippen LogP contribution >= 0.6 is 23.1 Å². The topological polar surface area (TPSA) is 63.8 Å². The lowest BCUT2D eigenvalue weighted by Crippen LogP contribution is -2.03. The lowest BCUT2D eigenvalue weighted by molar-refractivity contribution is -0.137. The van der Waals surface area contributed by atoms with Crippen LogP contribution in [0.25, 0.3) is 10.2 Å². The van der Waals surface area contributed by atoms with Crippen molar-refractivity contribution in [2.24, 2.45) is 7.05 Å². The Bertz CT molecular complexity index is 827. The standard InChI is InChI=1S/C12H9F3N4OS2/c1-19-9(5-20)17-18-10(19)22-11-16-7-4-6(12(13,14)15)2-3-8(7)21-11/h2-4,20H,5H2,1H3. The second kappa shape index (κ2) is 5.52. The van der Waals surface area contributed by atoms with Gasteiger partial charge in [0.25, 0.3) is 0 Å². The average molecular weight is 346 g/mol. The van der Waals surface area contributed by atoms with Gasteiger partial charge in [-0.25, -0.2) is 4.98 Å². The minimum Gasteiger partial charge on any atom is -0.388 e. The van der Waals surface area contributed by atoms with Crippen molar-refractivity contribution in [3.63, 3.8) is 0 Å². The van der Waals surface area contributed by atoms with E-state index in [2.05, 4.69) is 15.2 Å². The van der Waals surface area contributed by atoms with Gasteiger partial charge in [-0.1, -0.05) is 0 Å². The maximum Gasteiger partial charge on any atom is 0.416 e. The molecule has 10 heteroatoms. The van der Waals surface area contributed by atoms with Crippen molar-refractivity contribution in [2.45, 2.75) is 22.3 Å². The molecule has 0 amide bonds. The molecule has 5 nitrogen and oxygen atoms in total. The predicted molar refractivity (Wildman–Crippen MR) is 75.7 cm³/mol. The zero-order valence-corrected chi connectivity index (χ0v) is 12.8. The quantitative estimate of drug-likeness (QED) is 0.790. The van der Waals surface area contributed by atoms with E-state index in [-0.39, 0.29) is 6.61 Å². The minimum atomic E-state index is -4.38. The van der Waals surface area contributed by atoms with Crippen molar-refractivity contribution in [3.05, 3.63) is 29.6 Å². The lowest BCUT2D eigenvalue weighted by Gasteiger charge is -2.04. The molecule has 0 unspecified atom stereocenters. The summed E-state index contributed by atoms with van der Waals surface area (Å²) in [7, 11) is 1.70. The SMILES string of the molecule is Cn1c(CO)nnc1Sc1nc2cc(C(F)(F)F)ccc2s1. The molecule has 0 aliphatic carbocycles. The number of hydrogen-bond acceptors (Lipinski definition) is 6. The van der Waals surface area contributed by atoms with Crippen molar-refractivity contribution < 1.29 is 18.3 Å². The van der Waals surface area contributed by atoms with Gasteiger partial charge in [-0.2, -0.15) is 13.2 Å². The van der Waals surface area contributed by atoms with Crippen molar-refractivity contribution in [3.8, 4) is 0 Å². The molecule has 0 spiro atoms. The monoisotopic (exact) mass is 346 g/mol. The molecular formula is C12H9F3N4OS2. The molecule has 1 N–H and O–H groups in total. The van der Waals surface area contributed by atoms with Gasteiger partial charge >= 0.3 is 6.18 Å². The first-order valence-corrected chi connectivity index (χ1v) is 7.66. The summed E-state index contributed by atoms with van der Waals surface area (Å²) in [6.07, 6.45) is -4.38. The summed E-state index contributed by atoms with van der Waals surface area (Å²) in [4.78, 5) is 4.20. The Morgan fingerprint density at radius 1 is 1.32 bits per heavy atom. The number of aromatic nitrogens is 4. The van der Waals surface area contributed by atoms with Crippen molar-refractivity contribution >= 4 is 33.3 Å². The zero-order chi connectivity index (χ0) is 15.9. The highest BCUT2D eigenvalue weighted by Gasteiger charge is 2.30. The van der Waals surface area contributed by atoms with E-state index in [1.54, 1.807) is 11.6 Å². The van der Waals surface area contributed by atoms with Gasteiger partial charge in [-0.3, -0.25) is 0 Å². The number of halogens is 3. The van der Waals surface area contributed by atoms with Crippen LogP contribution in [-0.4, -0.2) is 24.9 Å². The molecule has 3 rings (SSSR count). The zero-order valence-electron chi connectivity index (χ0n) is 11.1. The summed E-state index contributed by atoms with van der Waals surface area (Å²) in [6.45, 7) is -0.237. The van der Waals surface area contributed by atoms with Crippen LogP contribution in [0.1, 0.15) is 11.4 Å². The summed E-state index contributed by atoms with van der Waals surface area (Å²) >= 11 is 2.47. The molecule has 0 saturated carbocycles. The highest BCUT2D eigenvalue weighted by Crippen LogP contribution is 2.36. The maximum absolute atomic E-state index is 12.7. The first-order chi connectivity index (χ1) is 10.4. The number of alkyl halides is 3. The molecule has 22 heavy (non-hydrogen) atoms. The van der Waals surface area contributed by atoms with Crippen LogP contribution in [0.3, 0.4) is 0 Å². The summed E-state index contributed by atoms with van der Waals surface area (Å²) < 4.78 is 40.9. The number of aliphatic hydroxyl groups is 1. The Kier molecular flexibility index (Phi) is 3.83. The fourth-order valence-electron chi connectivity index (χ4n) is 1.78. The molecule has 1 aromatic carbocycles. The van der Waals surface area contributed by atoms with Crippen LogP contribution in [0.5, 0.6) is 0 Å². The molecule has 2 aromatic heterocycles. The van der Waals surface area contributed by atoms with Crippen LogP contribution in [0.15, 0.2) is 27.7 Å². The molecule has 0 aliphatic heterocycles. The molecule has 0 radical (unpaired) electrons. The first kappa shape index (κ1) is 15.3. The van der Waals surface area contributed by atoms with E-state index < -0.39 is 11.7 Å². The van der Waals surface area contributed by atoms with Crippen LogP contribution in [0.2, 0.25) is 0 Å². The molecule has 0 saturated heterocycles. The molecule has 116 valence electrons. The van der Waals surface area contributed by atoms with Gasteiger partial charge in [0.15, 0.2) is 15.3 Å². The molecule has 0 atom stereocenters. The number of aliphatic hydroxyl groups excluding tert-OH is 1. The second-order valence-corrected chi connectivity index (χ2v) is 6.62. The summed E-state index contributed by atoms with van der Waals surface area (Å²) in [5.74, 6) is 0.406. The van der Waals surface area contributed by atoms with Crippen LogP contribution in [-0.2, 0) is 19.8 Å². The van der Waals surface area contributed by atoms with Gasteiger partial charge in [0.2, 0.25) is 0 Å². The van der Waals surface area contributed by atoms with E-state index in [0.717, 1.165) is 12.1 Å².